The summed E-state index contributed by atoms with van der Waals surface area (Å²) in [5.41, 5.74) is 2.79. The van der Waals surface area contributed by atoms with Crippen LogP contribution >= 0.6 is 0 Å². The van der Waals surface area contributed by atoms with Crippen molar-refractivity contribution in [3.63, 3.8) is 0 Å². The Hall–Kier alpha value is -0.760. The zero-order chi connectivity index (χ0) is 8.39. The third-order valence-corrected chi connectivity index (χ3v) is 2.54. The number of hydrogen-bond donors (Lipinski definition) is 1. The molecule has 0 aliphatic carbocycles. The van der Waals surface area contributed by atoms with Crippen molar-refractivity contribution in [2.45, 2.75) is 13.3 Å². The molecule has 0 radical (unpaired) electrons. The van der Waals surface area contributed by atoms with Crippen LogP contribution in [0.2, 0.25) is 0 Å². The monoisotopic (exact) mass is 164 g/mol. The molecule has 66 valence electrons. The molecule has 0 aromatic rings. The summed E-state index contributed by atoms with van der Waals surface area (Å²) in [5.74, 6) is 0. The number of nitrogens with one attached hydrogen (secondary N) is 1. The highest BCUT2D eigenvalue weighted by Gasteiger charge is 2.15. The summed E-state index contributed by atoms with van der Waals surface area (Å²) >= 11 is 0. The molecule has 2 heteroatoms. The third kappa shape index (κ3) is 1.69. The van der Waals surface area contributed by atoms with Crippen LogP contribution < -0.4 is 5.32 Å². The van der Waals surface area contributed by atoms with Crippen LogP contribution in [0.25, 0.3) is 0 Å². The third-order valence-electron chi connectivity index (χ3n) is 2.54. The maximum Gasteiger partial charge on any atom is 0.0372 e. The molecule has 0 unspecified atom stereocenters. The summed E-state index contributed by atoms with van der Waals surface area (Å²) in [5, 5.41) is 3.35. The minimum absolute atomic E-state index is 1.04. The Morgan fingerprint density at radius 3 is 2.75 bits per heavy atom. The molecular formula is C10H16N2. The highest BCUT2D eigenvalue weighted by atomic mass is 15.2. The molecule has 2 rings (SSSR count). The van der Waals surface area contributed by atoms with Gasteiger partial charge in [-0.3, -0.25) is 4.90 Å². The summed E-state index contributed by atoms with van der Waals surface area (Å²) in [4.78, 5) is 2.49. The van der Waals surface area contributed by atoms with Crippen LogP contribution in [0.4, 0.5) is 0 Å². The fourth-order valence-electron chi connectivity index (χ4n) is 1.55. The number of dihydropyridines is 1. The van der Waals surface area contributed by atoms with Gasteiger partial charge in [-0.25, -0.2) is 0 Å². The van der Waals surface area contributed by atoms with Crippen molar-refractivity contribution in [3.05, 3.63) is 23.4 Å². The summed E-state index contributed by atoms with van der Waals surface area (Å²) in [7, 11) is 0. The summed E-state index contributed by atoms with van der Waals surface area (Å²) < 4.78 is 0. The number of rotatable bonds is 2. The highest BCUT2D eigenvalue weighted by molar-refractivity contribution is 5.23. The van der Waals surface area contributed by atoms with E-state index in [-0.39, 0.29) is 0 Å². The average Bonchev–Trinajstić information content (AvgIpc) is 2.00. The van der Waals surface area contributed by atoms with E-state index < -0.39 is 0 Å². The van der Waals surface area contributed by atoms with Crippen LogP contribution in [0.1, 0.15) is 13.3 Å². The first-order valence-corrected chi connectivity index (χ1v) is 4.67. The SMILES string of the molecule is CC1=CC=C(CN2CCC2)CN1. The van der Waals surface area contributed by atoms with E-state index in [1.165, 1.54) is 30.8 Å². The molecule has 0 aromatic carbocycles. The van der Waals surface area contributed by atoms with Gasteiger partial charge in [-0.15, -0.1) is 0 Å². The Morgan fingerprint density at radius 1 is 1.42 bits per heavy atom. The summed E-state index contributed by atoms with van der Waals surface area (Å²) in [6.07, 6.45) is 5.80. The van der Waals surface area contributed by atoms with Crippen molar-refractivity contribution in [3.8, 4) is 0 Å². The predicted molar refractivity (Wildman–Crippen MR) is 50.9 cm³/mol. The lowest BCUT2D eigenvalue weighted by Gasteiger charge is -2.32. The highest BCUT2D eigenvalue weighted by Crippen LogP contribution is 2.11. The normalized spacial score (nSPS) is 23.8. The zero-order valence-electron chi connectivity index (χ0n) is 7.64. The number of allylic oxidation sites excluding steroid dienone is 3. The van der Waals surface area contributed by atoms with Gasteiger partial charge in [0.05, 0.1) is 0 Å². The molecule has 0 atom stereocenters. The predicted octanol–water partition coefficient (Wildman–Crippen LogP) is 1.13. The van der Waals surface area contributed by atoms with Gasteiger partial charge in [0.25, 0.3) is 0 Å². The molecular weight excluding hydrogens is 148 g/mol. The van der Waals surface area contributed by atoms with Crippen molar-refractivity contribution in [2.24, 2.45) is 0 Å². The Morgan fingerprint density at radius 2 is 2.25 bits per heavy atom. The standard InChI is InChI=1S/C10H16N2/c1-9-3-4-10(7-11-9)8-12-5-2-6-12/h3-4,11H,2,5-8H2,1H3. The summed E-state index contributed by atoms with van der Waals surface area (Å²) in [6.45, 7) is 6.90. The molecule has 2 aliphatic heterocycles. The smallest absolute Gasteiger partial charge is 0.0372 e. The van der Waals surface area contributed by atoms with E-state index >= 15 is 0 Å². The molecule has 12 heavy (non-hydrogen) atoms. The second kappa shape index (κ2) is 3.31. The molecule has 0 aromatic heterocycles. The van der Waals surface area contributed by atoms with Crippen LogP contribution in [0.5, 0.6) is 0 Å². The van der Waals surface area contributed by atoms with E-state index in [1.807, 2.05) is 0 Å². The Balaban J connectivity index is 1.87. The summed E-state index contributed by atoms with van der Waals surface area (Å²) in [6, 6.07) is 0. The van der Waals surface area contributed by atoms with Crippen LogP contribution in [-0.2, 0) is 0 Å². The van der Waals surface area contributed by atoms with Gasteiger partial charge < -0.3 is 5.32 Å². The molecule has 1 fully saturated rings. The number of nitrogens with zero attached hydrogens (tertiary/aromatic N) is 1. The Kier molecular flexibility index (Phi) is 2.17. The second-order valence-electron chi connectivity index (χ2n) is 3.66. The van der Waals surface area contributed by atoms with Crippen molar-refractivity contribution in [2.75, 3.05) is 26.2 Å². The molecule has 0 saturated carbocycles. The second-order valence-corrected chi connectivity index (χ2v) is 3.66. The minimum Gasteiger partial charge on any atom is -0.385 e. The fourth-order valence-corrected chi connectivity index (χ4v) is 1.55. The van der Waals surface area contributed by atoms with Crippen LogP contribution in [-0.4, -0.2) is 31.1 Å². The van der Waals surface area contributed by atoms with E-state index in [4.69, 9.17) is 0 Å². The average molecular weight is 164 g/mol. The van der Waals surface area contributed by atoms with E-state index in [0.717, 1.165) is 13.1 Å². The van der Waals surface area contributed by atoms with Crippen molar-refractivity contribution in [1.82, 2.24) is 10.2 Å². The van der Waals surface area contributed by atoms with Gasteiger partial charge in [0.1, 0.15) is 0 Å². The Bertz CT molecular complexity index is 224. The Labute approximate surface area is 73.9 Å². The van der Waals surface area contributed by atoms with Crippen molar-refractivity contribution >= 4 is 0 Å². The molecule has 2 heterocycles. The lowest BCUT2D eigenvalue weighted by molar-refractivity contribution is 0.197. The minimum atomic E-state index is 1.04. The largest absolute Gasteiger partial charge is 0.385 e. The fraction of sp³-hybridized carbons (Fsp3) is 0.600. The van der Waals surface area contributed by atoms with Gasteiger partial charge in [0.15, 0.2) is 0 Å². The van der Waals surface area contributed by atoms with Gasteiger partial charge in [-0.2, -0.15) is 0 Å². The first-order valence-electron chi connectivity index (χ1n) is 4.67. The number of hydrogen-bond acceptors (Lipinski definition) is 2. The van der Waals surface area contributed by atoms with Gasteiger partial charge in [-0.1, -0.05) is 6.08 Å². The molecule has 0 spiro atoms. The lowest BCUT2D eigenvalue weighted by Crippen LogP contribution is -2.40. The van der Waals surface area contributed by atoms with Gasteiger partial charge in [0, 0.05) is 18.8 Å². The first kappa shape index (κ1) is 7.87. The topological polar surface area (TPSA) is 15.3 Å². The maximum absolute atomic E-state index is 3.35. The molecule has 1 N–H and O–H groups in total. The zero-order valence-corrected chi connectivity index (χ0v) is 7.64. The van der Waals surface area contributed by atoms with Crippen LogP contribution in [0, 0.1) is 0 Å². The van der Waals surface area contributed by atoms with E-state index in [0.29, 0.717) is 0 Å². The molecule has 0 bridgehead atoms. The molecule has 2 aliphatic rings. The maximum atomic E-state index is 3.35. The van der Waals surface area contributed by atoms with E-state index in [9.17, 15) is 0 Å². The van der Waals surface area contributed by atoms with Gasteiger partial charge in [-0.05, 0) is 38.1 Å². The number of likely N-dealkylation sites (tertiary alicyclic amines) is 1. The van der Waals surface area contributed by atoms with E-state index in [1.54, 1.807) is 0 Å². The van der Waals surface area contributed by atoms with E-state index in [2.05, 4.69) is 29.3 Å². The van der Waals surface area contributed by atoms with Crippen LogP contribution in [0.15, 0.2) is 23.4 Å². The molecule has 2 nitrogen and oxygen atoms in total. The van der Waals surface area contributed by atoms with Crippen molar-refractivity contribution in [1.29, 1.82) is 0 Å². The quantitative estimate of drug-likeness (QED) is 0.658. The molecule has 1 saturated heterocycles. The van der Waals surface area contributed by atoms with Gasteiger partial charge in [0.2, 0.25) is 0 Å². The van der Waals surface area contributed by atoms with Gasteiger partial charge >= 0.3 is 0 Å². The lowest BCUT2D eigenvalue weighted by atomic mass is 10.1. The van der Waals surface area contributed by atoms with Crippen LogP contribution in [0.3, 0.4) is 0 Å². The first-order chi connectivity index (χ1) is 5.84. The van der Waals surface area contributed by atoms with Crippen molar-refractivity contribution < 1.29 is 0 Å². The molecule has 0 amide bonds.